The highest BCUT2D eigenvalue weighted by Crippen LogP contribution is 2.27. The summed E-state index contributed by atoms with van der Waals surface area (Å²) in [5.74, 6) is -0.605. The van der Waals surface area contributed by atoms with E-state index < -0.39 is 22.0 Å². The minimum absolute atomic E-state index is 0.0984. The van der Waals surface area contributed by atoms with Crippen LogP contribution in [-0.2, 0) is 14.8 Å². The number of aryl methyl sites for hydroxylation is 1. The van der Waals surface area contributed by atoms with E-state index in [0.29, 0.717) is 18.0 Å². The van der Waals surface area contributed by atoms with Crippen LogP contribution in [0.1, 0.15) is 24.8 Å². The van der Waals surface area contributed by atoms with Gasteiger partial charge in [0.25, 0.3) is 0 Å². The van der Waals surface area contributed by atoms with Crippen LogP contribution in [0.4, 0.5) is 0 Å². The number of carbonyl (C=O) groups excluding carboxylic acids is 1. The van der Waals surface area contributed by atoms with Crippen LogP contribution in [0.2, 0.25) is 5.02 Å². The molecule has 1 heterocycles. The van der Waals surface area contributed by atoms with Crippen molar-refractivity contribution in [3.63, 3.8) is 0 Å². The molecule has 5 nitrogen and oxygen atoms in total. The van der Waals surface area contributed by atoms with Gasteiger partial charge in [-0.15, -0.1) is 0 Å². The molecule has 2 rings (SSSR count). The minimum Gasteiger partial charge on any atom is -0.368 e. The van der Waals surface area contributed by atoms with Gasteiger partial charge in [0.2, 0.25) is 15.9 Å². The number of rotatable bonds is 3. The van der Waals surface area contributed by atoms with E-state index in [-0.39, 0.29) is 4.90 Å². The van der Waals surface area contributed by atoms with Gasteiger partial charge in [0.05, 0.1) is 4.90 Å². The van der Waals surface area contributed by atoms with E-state index in [2.05, 4.69) is 0 Å². The summed E-state index contributed by atoms with van der Waals surface area (Å²) in [5.41, 5.74) is 6.12. The number of sulfonamides is 1. The molecule has 7 heteroatoms. The van der Waals surface area contributed by atoms with Crippen LogP contribution in [-0.4, -0.2) is 31.2 Å². The molecule has 0 saturated carbocycles. The second kappa shape index (κ2) is 5.71. The average Bonchev–Trinajstić information content (AvgIpc) is 2.41. The molecule has 1 amide bonds. The molecule has 1 aromatic rings. The van der Waals surface area contributed by atoms with E-state index in [1.807, 2.05) is 0 Å². The smallest absolute Gasteiger partial charge is 0.243 e. The first-order valence-corrected chi connectivity index (χ1v) is 8.23. The zero-order valence-corrected chi connectivity index (χ0v) is 12.7. The summed E-state index contributed by atoms with van der Waals surface area (Å²) < 4.78 is 26.4. The highest BCUT2D eigenvalue weighted by molar-refractivity contribution is 7.89. The summed E-state index contributed by atoms with van der Waals surface area (Å²) in [6, 6.07) is 3.80. The quantitative estimate of drug-likeness (QED) is 0.921. The molecule has 0 radical (unpaired) electrons. The van der Waals surface area contributed by atoms with Gasteiger partial charge in [-0.05, 0) is 37.5 Å². The van der Waals surface area contributed by atoms with Crippen LogP contribution in [0, 0.1) is 6.92 Å². The summed E-state index contributed by atoms with van der Waals surface area (Å²) in [7, 11) is -3.75. The Kier molecular flexibility index (Phi) is 4.36. The Morgan fingerprint density at radius 2 is 2.10 bits per heavy atom. The highest BCUT2D eigenvalue weighted by Gasteiger charge is 2.36. The van der Waals surface area contributed by atoms with Gasteiger partial charge in [-0.3, -0.25) is 4.79 Å². The zero-order valence-electron chi connectivity index (χ0n) is 11.2. The van der Waals surface area contributed by atoms with E-state index >= 15 is 0 Å². The maximum Gasteiger partial charge on any atom is 0.243 e. The largest absolute Gasteiger partial charge is 0.368 e. The van der Waals surface area contributed by atoms with E-state index in [1.165, 1.54) is 16.4 Å². The molecule has 1 unspecified atom stereocenters. The molecule has 110 valence electrons. The lowest BCUT2D eigenvalue weighted by Gasteiger charge is -2.32. The fourth-order valence-corrected chi connectivity index (χ4v) is 4.28. The van der Waals surface area contributed by atoms with Crippen LogP contribution in [0.25, 0.3) is 0 Å². The molecule has 1 saturated heterocycles. The molecule has 0 bridgehead atoms. The summed E-state index contributed by atoms with van der Waals surface area (Å²) in [6.45, 7) is 2.10. The van der Waals surface area contributed by atoms with Crippen molar-refractivity contribution in [1.82, 2.24) is 4.31 Å². The first kappa shape index (κ1) is 15.3. The summed E-state index contributed by atoms with van der Waals surface area (Å²) in [5, 5.41) is 0.388. The van der Waals surface area contributed by atoms with Crippen LogP contribution >= 0.6 is 11.6 Å². The fourth-order valence-electron chi connectivity index (χ4n) is 2.35. The maximum atomic E-state index is 12.6. The first-order valence-electron chi connectivity index (χ1n) is 6.41. The Hall–Kier alpha value is -1.11. The minimum atomic E-state index is -3.75. The Labute approximate surface area is 123 Å². The Balaban J connectivity index is 2.42. The lowest BCUT2D eigenvalue weighted by molar-refractivity contribution is -0.122. The molecule has 1 fully saturated rings. The molecule has 0 aromatic heterocycles. The van der Waals surface area contributed by atoms with Crippen molar-refractivity contribution in [2.45, 2.75) is 37.1 Å². The van der Waals surface area contributed by atoms with Crippen LogP contribution < -0.4 is 5.73 Å². The van der Waals surface area contributed by atoms with Crippen molar-refractivity contribution in [3.8, 4) is 0 Å². The molecular weight excluding hydrogens is 300 g/mol. The lowest BCUT2D eigenvalue weighted by atomic mass is 10.0. The van der Waals surface area contributed by atoms with Crippen LogP contribution in [0.3, 0.4) is 0 Å². The second-order valence-corrected chi connectivity index (χ2v) is 7.24. The maximum absolute atomic E-state index is 12.6. The van der Waals surface area contributed by atoms with Gasteiger partial charge in [-0.1, -0.05) is 24.1 Å². The van der Waals surface area contributed by atoms with Crippen LogP contribution in [0.15, 0.2) is 23.1 Å². The Bertz CT molecular complexity index is 631. The summed E-state index contributed by atoms with van der Waals surface area (Å²) >= 11 is 5.98. The van der Waals surface area contributed by atoms with E-state index in [1.54, 1.807) is 13.0 Å². The number of amides is 1. The second-order valence-electron chi connectivity index (χ2n) is 4.94. The number of piperidine rings is 1. The summed E-state index contributed by atoms with van der Waals surface area (Å²) in [4.78, 5) is 11.6. The van der Waals surface area contributed by atoms with Crippen LogP contribution in [0.5, 0.6) is 0 Å². The van der Waals surface area contributed by atoms with Gasteiger partial charge in [-0.25, -0.2) is 8.42 Å². The summed E-state index contributed by atoms with van der Waals surface area (Å²) in [6.07, 6.45) is 1.99. The number of carbonyl (C=O) groups is 1. The number of benzene rings is 1. The van der Waals surface area contributed by atoms with Crippen molar-refractivity contribution in [3.05, 3.63) is 28.8 Å². The molecule has 1 atom stereocenters. The number of nitrogens with two attached hydrogens (primary N) is 1. The Morgan fingerprint density at radius 1 is 1.40 bits per heavy atom. The standard InChI is InChI=1S/C13H17ClN2O3S/c1-9-5-6-10(8-11(9)14)20(18,19)16-7-3-2-4-12(16)13(15)17/h5-6,8,12H,2-4,7H2,1H3,(H2,15,17). The number of hydrogen-bond donors (Lipinski definition) is 1. The highest BCUT2D eigenvalue weighted by atomic mass is 35.5. The monoisotopic (exact) mass is 316 g/mol. The molecule has 0 aliphatic carbocycles. The van der Waals surface area contributed by atoms with Gasteiger partial charge in [0.1, 0.15) is 6.04 Å². The van der Waals surface area contributed by atoms with E-state index in [4.69, 9.17) is 17.3 Å². The number of primary amides is 1. The molecule has 0 spiro atoms. The molecular formula is C13H17ClN2O3S. The molecule has 1 aromatic carbocycles. The number of nitrogens with zero attached hydrogens (tertiary/aromatic N) is 1. The van der Waals surface area contributed by atoms with Crippen molar-refractivity contribution >= 4 is 27.5 Å². The predicted octanol–water partition coefficient (Wildman–Crippen LogP) is 1.68. The third-order valence-electron chi connectivity index (χ3n) is 3.53. The molecule has 1 aliphatic heterocycles. The SMILES string of the molecule is Cc1ccc(S(=O)(=O)N2CCCCC2C(N)=O)cc1Cl. The van der Waals surface area contributed by atoms with Gasteiger partial charge in [-0.2, -0.15) is 4.31 Å². The predicted molar refractivity (Wildman–Crippen MR) is 76.9 cm³/mol. The van der Waals surface area contributed by atoms with E-state index in [0.717, 1.165) is 18.4 Å². The van der Waals surface area contributed by atoms with Crippen molar-refractivity contribution in [1.29, 1.82) is 0 Å². The van der Waals surface area contributed by atoms with Crippen molar-refractivity contribution < 1.29 is 13.2 Å². The normalized spacial score (nSPS) is 20.8. The Morgan fingerprint density at radius 3 is 2.70 bits per heavy atom. The molecule has 1 aliphatic rings. The molecule has 20 heavy (non-hydrogen) atoms. The number of hydrogen-bond acceptors (Lipinski definition) is 3. The van der Waals surface area contributed by atoms with Gasteiger partial charge in [0.15, 0.2) is 0 Å². The van der Waals surface area contributed by atoms with Gasteiger partial charge < -0.3 is 5.73 Å². The third kappa shape index (κ3) is 2.82. The van der Waals surface area contributed by atoms with Crippen molar-refractivity contribution in [2.24, 2.45) is 5.73 Å². The lowest BCUT2D eigenvalue weighted by Crippen LogP contribution is -2.50. The fraction of sp³-hybridized carbons (Fsp3) is 0.462. The van der Waals surface area contributed by atoms with Gasteiger partial charge in [0, 0.05) is 11.6 Å². The molecule has 2 N–H and O–H groups in total. The van der Waals surface area contributed by atoms with E-state index in [9.17, 15) is 13.2 Å². The zero-order chi connectivity index (χ0) is 14.9. The third-order valence-corrected chi connectivity index (χ3v) is 5.84. The average molecular weight is 317 g/mol. The van der Waals surface area contributed by atoms with Crippen molar-refractivity contribution in [2.75, 3.05) is 6.54 Å². The first-order chi connectivity index (χ1) is 9.34. The number of halogens is 1. The topological polar surface area (TPSA) is 80.5 Å². The van der Waals surface area contributed by atoms with Gasteiger partial charge >= 0.3 is 0 Å².